The Hall–Kier alpha value is -1.23. The molecule has 0 aromatic carbocycles. The van der Waals surface area contributed by atoms with Gasteiger partial charge in [-0.2, -0.15) is 0 Å². The number of ketones is 1. The van der Waals surface area contributed by atoms with Gasteiger partial charge in [0.2, 0.25) is 0 Å². The van der Waals surface area contributed by atoms with Crippen LogP contribution in [0.4, 0.5) is 0 Å². The molecule has 0 radical (unpaired) electrons. The highest BCUT2D eigenvalue weighted by Crippen LogP contribution is 2.37. The molecular weight excluding hydrogens is 304 g/mol. The lowest BCUT2D eigenvalue weighted by Crippen LogP contribution is -2.42. The SMILES string of the molecule is C=CC(C)(O)C/C=C/[C@]1(C)CC[C@@H](C(C)(O)CC(=O)C=C(C)C)O1. The highest BCUT2D eigenvalue weighted by atomic mass is 16.5. The van der Waals surface area contributed by atoms with E-state index >= 15 is 0 Å². The Labute approximate surface area is 145 Å². The summed E-state index contributed by atoms with van der Waals surface area (Å²) in [6.07, 6.45) is 8.44. The average Bonchev–Trinajstić information content (AvgIpc) is 2.80. The fraction of sp³-hybridized carbons (Fsp3) is 0.650. The maximum atomic E-state index is 12.0. The standard InChI is InChI=1S/C20H32O4/c1-7-18(4,22)10-8-11-19(5)12-9-17(24-19)20(6,23)14-16(21)13-15(2)3/h7-8,11,13,17,22-23H,1,9-10,12,14H2,2-6H3/b11-8+/t17-,18?,19+,20?/m0/s1. The normalized spacial score (nSPS) is 29.0. The van der Waals surface area contributed by atoms with Crippen LogP contribution in [0.1, 0.15) is 60.3 Å². The van der Waals surface area contributed by atoms with Crippen molar-refractivity contribution in [3.05, 3.63) is 36.5 Å². The van der Waals surface area contributed by atoms with Gasteiger partial charge >= 0.3 is 0 Å². The Kier molecular flexibility index (Phi) is 6.74. The summed E-state index contributed by atoms with van der Waals surface area (Å²) in [6, 6.07) is 0. The van der Waals surface area contributed by atoms with E-state index < -0.39 is 16.8 Å². The molecule has 136 valence electrons. The number of rotatable bonds is 8. The molecule has 1 saturated heterocycles. The first-order chi connectivity index (χ1) is 10.9. The molecular formula is C20H32O4. The molecule has 4 atom stereocenters. The number of ether oxygens (including phenoxy) is 1. The second-order valence-electron chi connectivity index (χ2n) is 7.85. The van der Waals surface area contributed by atoms with Gasteiger partial charge in [-0.05, 0) is 60.0 Å². The minimum absolute atomic E-state index is 0.0494. The second kappa shape index (κ2) is 7.77. The molecule has 1 aliphatic heterocycles. The number of allylic oxidation sites excluding steroid dienone is 2. The Morgan fingerprint density at radius 1 is 1.38 bits per heavy atom. The average molecular weight is 336 g/mol. The van der Waals surface area contributed by atoms with Crippen LogP contribution in [0.2, 0.25) is 0 Å². The summed E-state index contributed by atoms with van der Waals surface area (Å²) in [5.74, 6) is -0.0882. The minimum atomic E-state index is -1.19. The first-order valence-electron chi connectivity index (χ1n) is 8.51. The molecule has 1 fully saturated rings. The highest BCUT2D eigenvalue weighted by Gasteiger charge is 2.44. The molecule has 0 aromatic heterocycles. The van der Waals surface area contributed by atoms with Gasteiger partial charge in [0.15, 0.2) is 5.78 Å². The van der Waals surface area contributed by atoms with Crippen LogP contribution in [0, 0.1) is 0 Å². The van der Waals surface area contributed by atoms with Gasteiger partial charge in [-0.15, -0.1) is 6.58 Å². The van der Waals surface area contributed by atoms with E-state index in [1.165, 1.54) is 6.08 Å². The Morgan fingerprint density at radius 2 is 2.00 bits per heavy atom. The van der Waals surface area contributed by atoms with Gasteiger partial charge in [-0.3, -0.25) is 4.79 Å². The summed E-state index contributed by atoms with van der Waals surface area (Å²) in [4.78, 5) is 12.0. The summed E-state index contributed by atoms with van der Waals surface area (Å²) < 4.78 is 6.05. The molecule has 2 unspecified atom stereocenters. The number of carbonyl (C=O) groups excluding carboxylic acids is 1. The van der Waals surface area contributed by atoms with Crippen molar-refractivity contribution in [3.8, 4) is 0 Å². The van der Waals surface area contributed by atoms with Gasteiger partial charge in [0.1, 0.15) is 0 Å². The molecule has 1 heterocycles. The number of hydrogen-bond donors (Lipinski definition) is 2. The summed E-state index contributed by atoms with van der Waals surface area (Å²) in [6.45, 7) is 12.6. The van der Waals surface area contributed by atoms with E-state index in [0.717, 1.165) is 12.0 Å². The molecule has 2 N–H and O–H groups in total. The largest absolute Gasteiger partial charge is 0.387 e. The van der Waals surface area contributed by atoms with Crippen molar-refractivity contribution in [2.75, 3.05) is 0 Å². The lowest BCUT2D eigenvalue weighted by molar-refractivity contribution is -0.134. The van der Waals surface area contributed by atoms with Gasteiger partial charge in [-0.25, -0.2) is 0 Å². The Balaban J connectivity index is 2.69. The van der Waals surface area contributed by atoms with E-state index in [1.54, 1.807) is 19.9 Å². The van der Waals surface area contributed by atoms with Gasteiger partial charge in [0.05, 0.1) is 22.9 Å². The zero-order valence-electron chi connectivity index (χ0n) is 15.6. The predicted octanol–water partition coefficient (Wildman–Crippen LogP) is 3.48. The molecule has 0 aliphatic carbocycles. The van der Waals surface area contributed by atoms with Crippen LogP contribution in [0.25, 0.3) is 0 Å². The maximum absolute atomic E-state index is 12.0. The molecule has 0 spiro atoms. The first kappa shape index (κ1) is 20.8. The molecule has 1 aliphatic rings. The fourth-order valence-electron chi connectivity index (χ4n) is 2.89. The van der Waals surface area contributed by atoms with Crippen LogP contribution in [-0.4, -0.2) is 38.9 Å². The lowest BCUT2D eigenvalue weighted by Gasteiger charge is -2.31. The van der Waals surface area contributed by atoms with Crippen LogP contribution >= 0.6 is 0 Å². The van der Waals surface area contributed by atoms with Gasteiger partial charge < -0.3 is 14.9 Å². The van der Waals surface area contributed by atoms with E-state index in [9.17, 15) is 15.0 Å². The van der Waals surface area contributed by atoms with Crippen LogP contribution < -0.4 is 0 Å². The van der Waals surface area contributed by atoms with E-state index in [4.69, 9.17) is 4.74 Å². The number of hydrogen-bond acceptors (Lipinski definition) is 4. The quantitative estimate of drug-likeness (QED) is 0.526. The molecule has 0 aromatic rings. The third-order valence-corrected chi connectivity index (χ3v) is 4.43. The zero-order valence-corrected chi connectivity index (χ0v) is 15.6. The molecule has 0 saturated carbocycles. The van der Waals surface area contributed by atoms with Crippen molar-refractivity contribution in [1.82, 2.24) is 0 Å². The van der Waals surface area contributed by atoms with E-state index in [2.05, 4.69) is 6.58 Å². The Bertz CT molecular complexity index is 524. The highest BCUT2D eigenvalue weighted by molar-refractivity contribution is 5.90. The fourth-order valence-corrected chi connectivity index (χ4v) is 2.89. The van der Waals surface area contributed by atoms with Crippen molar-refractivity contribution in [2.45, 2.75) is 83.2 Å². The minimum Gasteiger partial charge on any atom is -0.387 e. The van der Waals surface area contributed by atoms with Gasteiger partial charge in [0, 0.05) is 6.42 Å². The summed E-state index contributed by atoms with van der Waals surface area (Å²) >= 11 is 0. The number of carbonyl (C=O) groups is 1. The molecule has 24 heavy (non-hydrogen) atoms. The van der Waals surface area contributed by atoms with Crippen LogP contribution in [0.3, 0.4) is 0 Å². The van der Waals surface area contributed by atoms with Crippen molar-refractivity contribution < 1.29 is 19.7 Å². The van der Waals surface area contributed by atoms with Crippen molar-refractivity contribution in [2.24, 2.45) is 0 Å². The van der Waals surface area contributed by atoms with Crippen molar-refractivity contribution in [3.63, 3.8) is 0 Å². The Morgan fingerprint density at radius 3 is 2.54 bits per heavy atom. The summed E-state index contributed by atoms with van der Waals surface area (Å²) in [7, 11) is 0. The third kappa shape index (κ3) is 6.34. The van der Waals surface area contributed by atoms with E-state index in [0.29, 0.717) is 12.8 Å². The first-order valence-corrected chi connectivity index (χ1v) is 8.51. The molecule has 4 heteroatoms. The molecule has 0 bridgehead atoms. The second-order valence-corrected chi connectivity index (χ2v) is 7.85. The predicted molar refractivity (Wildman–Crippen MR) is 96.8 cm³/mol. The van der Waals surface area contributed by atoms with Gasteiger partial charge in [0.25, 0.3) is 0 Å². The maximum Gasteiger partial charge on any atom is 0.158 e. The van der Waals surface area contributed by atoms with Crippen LogP contribution in [0.5, 0.6) is 0 Å². The number of aliphatic hydroxyl groups is 2. The topological polar surface area (TPSA) is 66.8 Å². The van der Waals surface area contributed by atoms with Crippen molar-refractivity contribution >= 4 is 5.78 Å². The lowest BCUT2D eigenvalue weighted by atomic mass is 9.90. The summed E-state index contributed by atoms with van der Waals surface area (Å²) in [5, 5.41) is 20.6. The van der Waals surface area contributed by atoms with E-state index in [1.807, 2.05) is 32.9 Å². The monoisotopic (exact) mass is 336 g/mol. The van der Waals surface area contributed by atoms with E-state index in [-0.39, 0.29) is 18.3 Å². The molecule has 1 rings (SSSR count). The van der Waals surface area contributed by atoms with Gasteiger partial charge in [-0.1, -0.05) is 23.8 Å². The molecule has 4 nitrogen and oxygen atoms in total. The smallest absolute Gasteiger partial charge is 0.158 e. The molecule has 0 amide bonds. The third-order valence-electron chi connectivity index (χ3n) is 4.43. The van der Waals surface area contributed by atoms with Crippen LogP contribution in [-0.2, 0) is 9.53 Å². The zero-order chi connectivity index (χ0) is 18.6. The van der Waals surface area contributed by atoms with Crippen LogP contribution in [0.15, 0.2) is 36.5 Å². The van der Waals surface area contributed by atoms with Crippen molar-refractivity contribution in [1.29, 1.82) is 0 Å². The summed E-state index contributed by atoms with van der Waals surface area (Å²) in [5.41, 5.74) is -1.70.